The molecule has 1 N–H and O–H groups in total. The minimum absolute atomic E-state index is 0.591. The zero-order chi connectivity index (χ0) is 11.9. The van der Waals surface area contributed by atoms with Crippen molar-refractivity contribution in [2.45, 2.75) is 26.7 Å². The number of nitrogens with zero attached hydrogens (tertiary/aromatic N) is 1. The summed E-state index contributed by atoms with van der Waals surface area (Å²) in [6.07, 6.45) is 2.50. The third-order valence-corrected chi connectivity index (χ3v) is 4.40. The van der Waals surface area contributed by atoms with E-state index >= 15 is 0 Å². The minimum atomic E-state index is 0.591. The van der Waals surface area contributed by atoms with E-state index in [0.29, 0.717) is 5.41 Å². The van der Waals surface area contributed by atoms with Gasteiger partial charge in [0.15, 0.2) is 0 Å². The van der Waals surface area contributed by atoms with Gasteiger partial charge in [0.25, 0.3) is 0 Å². The standard InChI is InChI=1S/C15H22N2/c1-3-13-6-4-5-12(2)14(13)17-10-15(11-17)7-8-16-9-15/h4-6,16H,3,7-11H2,1-2H3. The van der Waals surface area contributed by atoms with E-state index in [2.05, 4.69) is 42.3 Å². The Labute approximate surface area is 104 Å². The van der Waals surface area contributed by atoms with Gasteiger partial charge in [0.2, 0.25) is 0 Å². The highest BCUT2D eigenvalue weighted by molar-refractivity contribution is 5.61. The topological polar surface area (TPSA) is 15.3 Å². The van der Waals surface area contributed by atoms with Gasteiger partial charge >= 0.3 is 0 Å². The van der Waals surface area contributed by atoms with Crippen molar-refractivity contribution in [2.24, 2.45) is 5.41 Å². The molecule has 2 heteroatoms. The van der Waals surface area contributed by atoms with Gasteiger partial charge in [-0.3, -0.25) is 0 Å². The first kappa shape index (κ1) is 11.1. The van der Waals surface area contributed by atoms with Crippen LogP contribution in [-0.4, -0.2) is 26.2 Å². The van der Waals surface area contributed by atoms with Crippen LogP contribution < -0.4 is 10.2 Å². The number of hydrogen-bond acceptors (Lipinski definition) is 2. The van der Waals surface area contributed by atoms with Gasteiger partial charge < -0.3 is 10.2 Å². The first-order valence-corrected chi connectivity index (χ1v) is 6.78. The Bertz CT molecular complexity index is 411. The molecule has 0 amide bonds. The molecule has 0 radical (unpaired) electrons. The molecule has 0 unspecified atom stereocenters. The lowest BCUT2D eigenvalue weighted by molar-refractivity contribution is 0.242. The van der Waals surface area contributed by atoms with E-state index in [1.165, 1.54) is 49.4 Å². The van der Waals surface area contributed by atoms with Crippen LogP contribution in [0.15, 0.2) is 18.2 Å². The molecule has 2 saturated heterocycles. The Morgan fingerprint density at radius 1 is 1.35 bits per heavy atom. The summed E-state index contributed by atoms with van der Waals surface area (Å²) in [5.74, 6) is 0. The molecule has 0 saturated carbocycles. The van der Waals surface area contributed by atoms with E-state index in [0.717, 1.165) is 6.42 Å². The minimum Gasteiger partial charge on any atom is -0.370 e. The summed E-state index contributed by atoms with van der Waals surface area (Å²) in [7, 11) is 0. The van der Waals surface area contributed by atoms with Crippen molar-refractivity contribution in [3.8, 4) is 0 Å². The smallest absolute Gasteiger partial charge is 0.0428 e. The van der Waals surface area contributed by atoms with Crippen LogP contribution in [0.25, 0.3) is 0 Å². The Kier molecular flexibility index (Phi) is 2.62. The van der Waals surface area contributed by atoms with Gasteiger partial charge in [-0.05, 0) is 37.4 Å². The summed E-state index contributed by atoms with van der Waals surface area (Å²) < 4.78 is 0. The van der Waals surface area contributed by atoms with Crippen molar-refractivity contribution in [3.05, 3.63) is 29.3 Å². The Morgan fingerprint density at radius 3 is 2.82 bits per heavy atom. The van der Waals surface area contributed by atoms with E-state index in [9.17, 15) is 0 Å². The zero-order valence-electron chi connectivity index (χ0n) is 10.9. The molecule has 2 aliphatic rings. The van der Waals surface area contributed by atoms with Crippen molar-refractivity contribution < 1.29 is 0 Å². The predicted molar refractivity (Wildman–Crippen MR) is 72.7 cm³/mol. The van der Waals surface area contributed by atoms with Crippen molar-refractivity contribution in [3.63, 3.8) is 0 Å². The third-order valence-electron chi connectivity index (χ3n) is 4.40. The lowest BCUT2D eigenvalue weighted by Crippen LogP contribution is -2.58. The molecule has 1 aromatic rings. The Hall–Kier alpha value is -1.02. The summed E-state index contributed by atoms with van der Waals surface area (Å²) >= 11 is 0. The van der Waals surface area contributed by atoms with Gasteiger partial charge in [0, 0.05) is 30.7 Å². The van der Waals surface area contributed by atoms with Crippen LogP contribution in [0, 0.1) is 12.3 Å². The van der Waals surface area contributed by atoms with E-state index in [4.69, 9.17) is 0 Å². The van der Waals surface area contributed by atoms with Crippen molar-refractivity contribution >= 4 is 5.69 Å². The van der Waals surface area contributed by atoms with E-state index in [1.54, 1.807) is 0 Å². The predicted octanol–water partition coefficient (Wildman–Crippen LogP) is 2.36. The number of hydrogen-bond donors (Lipinski definition) is 1. The molecule has 2 heterocycles. The second kappa shape index (κ2) is 4.02. The SMILES string of the molecule is CCc1cccc(C)c1N1CC2(CCNC2)C1. The van der Waals surface area contributed by atoms with Crippen LogP contribution in [0.4, 0.5) is 5.69 Å². The third kappa shape index (κ3) is 1.75. The monoisotopic (exact) mass is 230 g/mol. The van der Waals surface area contributed by atoms with Crippen LogP contribution >= 0.6 is 0 Å². The largest absolute Gasteiger partial charge is 0.370 e. The fraction of sp³-hybridized carbons (Fsp3) is 0.600. The normalized spacial score (nSPS) is 21.9. The fourth-order valence-electron chi connectivity index (χ4n) is 3.44. The average molecular weight is 230 g/mol. The second-order valence-corrected chi connectivity index (χ2v) is 5.72. The molecule has 1 spiro atoms. The quantitative estimate of drug-likeness (QED) is 0.839. The summed E-state index contributed by atoms with van der Waals surface area (Å²) in [6.45, 7) is 9.42. The van der Waals surface area contributed by atoms with E-state index < -0.39 is 0 Å². The van der Waals surface area contributed by atoms with Crippen LogP contribution in [0.5, 0.6) is 0 Å². The number of aryl methyl sites for hydroxylation is 2. The molecule has 2 nitrogen and oxygen atoms in total. The first-order valence-electron chi connectivity index (χ1n) is 6.78. The van der Waals surface area contributed by atoms with Crippen LogP contribution in [0.3, 0.4) is 0 Å². The molecule has 0 atom stereocenters. The first-order chi connectivity index (χ1) is 8.24. The number of nitrogens with one attached hydrogen (secondary N) is 1. The summed E-state index contributed by atoms with van der Waals surface area (Å²) in [5.41, 5.74) is 5.04. The van der Waals surface area contributed by atoms with Gasteiger partial charge in [-0.25, -0.2) is 0 Å². The second-order valence-electron chi connectivity index (χ2n) is 5.72. The maximum Gasteiger partial charge on any atom is 0.0428 e. The molecule has 3 rings (SSSR count). The lowest BCUT2D eigenvalue weighted by atomic mass is 9.78. The molecular weight excluding hydrogens is 208 g/mol. The molecule has 2 fully saturated rings. The molecule has 92 valence electrons. The van der Waals surface area contributed by atoms with Gasteiger partial charge in [-0.2, -0.15) is 0 Å². The summed E-state index contributed by atoms with van der Waals surface area (Å²) in [5, 5.41) is 3.50. The van der Waals surface area contributed by atoms with Crippen molar-refractivity contribution in [2.75, 3.05) is 31.1 Å². The maximum absolute atomic E-state index is 3.50. The van der Waals surface area contributed by atoms with E-state index in [1.807, 2.05) is 0 Å². The fourth-order valence-corrected chi connectivity index (χ4v) is 3.44. The maximum atomic E-state index is 3.50. The number of rotatable bonds is 2. The Balaban J connectivity index is 1.82. The molecular formula is C15H22N2. The number of para-hydroxylation sites is 1. The molecule has 17 heavy (non-hydrogen) atoms. The summed E-state index contributed by atoms with van der Waals surface area (Å²) in [4.78, 5) is 2.58. The number of benzene rings is 1. The molecule has 0 bridgehead atoms. The zero-order valence-corrected chi connectivity index (χ0v) is 10.9. The summed E-state index contributed by atoms with van der Waals surface area (Å²) in [6, 6.07) is 6.71. The van der Waals surface area contributed by atoms with Crippen molar-refractivity contribution in [1.29, 1.82) is 0 Å². The highest BCUT2D eigenvalue weighted by Gasteiger charge is 2.45. The lowest BCUT2D eigenvalue weighted by Gasteiger charge is -2.50. The van der Waals surface area contributed by atoms with Gasteiger partial charge in [-0.15, -0.1) is 0 Å². The van der Waals surface area contributed by atoms with Crippen LogP contribution in [0.1, 0.15) is 24.5 Å². The highest BCUT2D eigenvalue weighted by Crippen LogP contribution is 2.41. The van der Waals surface area contributed by atoms with Gasteiger partial charge in [0.05, 0.1) is 0 Å². The average Bonchev–Trinajstić information content (AvgIpc) is 2.76. The Morgan fingerprint density at radius 2 is 2.18 bits per heavy atom. The van der Waals surface area contributed by atoms with E-state index in [-0.39, 0.29) is 0 Å². The van der Waals surface area contributed by atoms with Gasteiger partial charge in [-0.1, -0.05) is 25.1 Å². The number of anilines is 1. The van der Waals surface area contributed by atoms with Crippen LogP contribution in [-0.2, 0) is 6.42 Å². The highest BCUT2D eigenvalue weighted by atomic mass is 15.2. The molecule has 0 aromatic heterocycles. The molecule has 0 aliphatic carbocycles. The van der Waals surface area contributed by atoms with Gasteiger partial charge in [0.1, 0.15) is 0 Å². The molecule has 2 aliphatic heterocycles. The van der Waals surface area contributed by atoms with Crippen LogP contribution in [0.2, 0.25) is 0 Å². The molecule has 1 aromatic carbocycles. The van der Waals surface area contributed by atoms with Crippen molar-refractivity contribution in [1.82, 2.24) is 5.32 Å².